The van der Waals surface area contributed by atoms with Crippen LogP contribution in [0.2, 0.25) is 0 Å². The fourth-order valence-corrected chi connectivity index (χ4v) is 4.74. The highest BCUT2D eigenvalue weighted by molar-refractivity contribution is 7.12. The molecule has 0 radical (unpaired) electrons. The number of hydrogen-bond acceptors (Lipinski definition) is 5. The zero-order valence-corrected chi connectivity index (χ0v) is 18.9. The average molecular weight is 458 g/mol. The van der Waals surface area contributed by atoms with Gasteiger partial charge in [0.1, 0.15) is 10.6 Å². The standard InChI is InChI=1S/C26H23N3O3S/c1-16-4-10-22-20(13-16)21-14-18(7-11-23(21)28-22)25(30)29-27-15-17-5-8-19(9-6-17)32-26(31)24-3-2-12-33-24/h2-3,5-9,11-12,14-16,28H,4,10,13H2,1H3,(H,29,30)/b27-15-. The lowest BCUT2D eigenvalue weighted by Gasteiger charge is -2.18. The first kappa shape index (κ1) is 21.2. The maximum Gasteiger partial charge on any atom is 0.353 e. The number of ether oxygens (including phenoxy) is 1. The van der Waals surface area contributed by atoms with Gasteiger partial charge in [0, 0.05) is 22.2 Å². The number of aromatic nitrogens is 1. The molecule has 33 heavy (non-hydrogen) atoms. The SMILES string of the molecule is CC1CCc2[nH]c3ccc(C(=O)N/N=C\c4ccc(OC(=O)c5cccs5)cc4)cc3c2C1. The van der Waals surface area contributed by atoms with Gasteiger partial charge in [-0.3, -0.25) is 4.79 Å². The van der Waals surface area contributed by atoms with Crippen LogP contribution in [0.4, 0.5) is 0 Å². The largest absolute Gasteiger partial charge is 0.422 e. The van der Waals surface area contributed by atoms with Crippen molar-refractivity contribution < 1.29 is 14.3 Å². The van der Waals surface area contributed by atoms with E-state index in [0.29, 0.717) is 22.1 Å². The maximum atomic E-state index is 12.6. The molecule has 2 N–H and O–H groups in total. The van der Waals surface area contributed by atoms with E-state index in [1.807, 2.05) is 23.6 Å². The number of thiophene rings is 1. The zero-order chi connectivity index (χ0) is 22.8. The second-order valence-electron chi connectivity index (χ2n) is 8.33. The molecule has 2 aromatic carbocycles. The van der Waals surface area contributed by atoms with Crippen LogP contribution >= 0.6 is 11.3 Å². The number of carbonyl (C=O) groups excluding carboxylic acids is 2. The highest BCUT2D eigenvalue weighted by atomic mass is 32.1. The molecule has 4 aromatic rings. The molecule has 1 amide bonds. The van der Waals surface area contributed by atoms with Crippen molar-refractivity contribution in [2.45, 2.75) is 26.2 Å². The molecule has 166 valence electrons. The fourth-order valence-electron chi connectivity index (χ4n) is 4.14. The normalized spacial score (nSPS) is 15.5. The Kier molecular flexibility index (Phi) is 5.79. The van der Waals surface area contributed by atoms with E-state index in [2.05, 4.69) is 22.4 Å². The topological polar surface area (TPSA) is 83.6 Å². The van der Waals surface area contributed by atoms with Crippen molar-refractivity contribution in [2.75, 3.05) is 0 Å². The van der Waals surface area contributed by atoms with Crippen LogP contribution in [0.3, 0.4) is 0 Å². The third-order valence-corrected chi connectivity index (χ3v) is 6.74. The minimum Gasteiger partial charge on any atom is -0.422 e. The van der Waals surface area contributed by atoms with Gasteiger partial charge in [0.05, 0.1) is 6.21 Å². The van der Waals surface area contributed by atoms with Gasteiger partial charge in [-0.15, -0.1) is 11.3 Å². The van der Waals surface area contributed by atoms with Crippen LogP contribution in [0.5, 0.6) is 5.75 Å². The second-order valence-corrected chi connectivity index (χ2v) is 9.27. The molecule has 1 unspecified atom stereocenters. The van der Waals surface area contributed by atoms with Crippen molar-refractivity contribution in [3.63, 3.8) is 0 Å². The number of fused-ring (bicyclic) bond motifs is 3. The second kappa shape index (κ2) is 9.03. The number of H-pyrrole nitrogens is 1. The van der Waals surface area contributed by atoms with E-state index in [4.69, 9.17) is 4.74 Å². The number of benzene rings is 2. The van der Waals surface area contributed by atoms with E-state index in [9.17, 15) is 9.59 Å². The lowest BCUT2D eigenvalue weighted by atomic mass is 9.87. The van der Waals surface area contributed by atoms with Gasteiger partial charge in [0.25, 0.3) is 5.91 Å². The summed E-state index contributed by atoms with van der Waals surface area (Å²) in [5.74, 6) is 0.471. The Morgan fingerprint density at radius 3 is 2.82 bits per heavy atom. The predicted octanol–water partition coefficient (Wildman–Crippen LogP) is 5.34. The Morgan fingerprint density at radius 2 is 2.03 bits per heavy atom. The van der Waals surface area contributed by atoms with Gasteiger partial charge in [-0.2, -0.15) is 5.10 Å². The number of hydrogen-bond donors (Lipinski definition) is 2. The molecular weight excluding hydrogens is 434 g/mol. The molecule has 7 heteroatoms. The van der Waals surface area contributed by atoms with Crippen LogP contribution in [0, 0.1) is 5.92 Å². The summed E-state index contributed by atoms with van der Waals surface area (Å²) in [7, 11) is 0. The molecule has 1 atom stereocenters. The molecule has 0 bridgehead atoms. The zero-order valence-electron chi connectivity index (χ0n) is 18.1. The number of amides is 1. The smallest absolute Gasteiger partial charge is 0.353 e. The van der Waals surface area contributed by atoms with Crippen molar-refractivity contribution in [1.29, 1.82) is 0 Å². The van der Waals surface area contributed by atoms with Crippen molar-refractivity contribution in [3.05, 3.63) is 87.2 Å². The van der Waals surface area contributed by atoms with Crippen LogP contribution in [0.15, 0.2) is 65.1 Å². The third-order valence-electron chi connectivity index (χ3n) is 5.89. The Hall–Kier alpha value is -3.71. The molecule has 6 nitrogen and oxygen atoms in total. The van der Waals surface area contributed by atoms with Crippen LogP contribution in [0.1, 0.15) is 50.2 Å². The molecule has 1 aliphatic rings. The maximum absolute atomic E-state index is 12.6. The van der Waals surface area contributed by atoms with Crippen LogP contribution in [-0.4, -0.2) is 23.1 Å². The summed E-state index contributed by atoms with van der Waals surface area (Å²) in [6.45, 7) is 2.27. The first-order valence-corrected chi connectivity index (χ1v) is 11.8. The summed E-state index contributed by atoms with van der Waals surface area (Å²) in [5.41, 5.74) is 7.65. The van der Waals surface area contributed by atoms with E-state index in [1.165, 1.54) is 29.0 Å². The van der Waals surface area contributed by atoms with E-state index in [0.717, 1.165) is 29.3 Å². The Labute approximate surface area is 195 Å². The molecule has 0 aliphatic heterocycles. The number of aryl methyl sites for hydroxylation is 1. The van der Waals surface area contributed by atoms with E-state index in [-0.39, 0.29) is 11.9 Å². The van der Waals surface area contributed by atoms with Gasteiger partial charge in [0.2, 0.25) is 0 Å². The average Bonchev–Trinajstić information content (AvgIpc) is 3.48. The van der Waals surface area contributed by atoms with E-state index in [1.54, 1.807) is 42.6 Å². The number of nitrogens with one attached hydrogen (secondary N) is 2. The van der Waals surface area contributed by atoms with Gasteiger partial charge in [-0.1, -0.05) is 13.0 Å². The Morgan fingerprint density at radius 1 is 1.18 bits per heavy atom. The van der Waals surface area contributed by atoms with Crippen molar-refractivity contribution in [3.8, 4) is 5.75 Å². The Balaban J connectivity index is 1.22. The minimum atomic E-state index is -0.381. The summed E-state index contributed by atoms with van der Waals surface area (Å²) < 4.78 is 5.34. The molecule has 0 fully saturated rings. The number of carbonyl (C=O) groups is 2. The summed E-state index contributed by atoms with van der Waals surface area (Å²) >= 11 is 1.34. The van der Waals surface area contributed by atoms with Gasteiger partial charge >= 0.3 is 5.97 Å². The molecule has 2 heterocycles. The number of esters is 1. The van der Waals surface area contributed by atoms with Crippen molar-refractivity contribution >= 4 is 40.3 Å². The molecule has 2 aromatic heterocycles. The highest BCUT2D eigenvalue weighted by Gasteiger charge is 2.20. The summed E-state index contributed by atoms with van der Waals surface area (Å²) in [6.07, 6.45) is 4.85. The first-order chi connectivity index (χ1) is 16.1. The molecule has 1 aliphatic carbocycles. The van der Waals surface area contributed by atoms with Gasteiger partial charge in [0.15, 0.2) is 0 Å². The molecule has 0 saturated carbocycles. The molecule has 0 saturated heterocycles. The van der Waals surface area contributed by atoms with E-state index < -0.39 is 0 Å². The number of nitrogens with zero attached hydrogens (tertiary/aromatic N) is 1. The van der Waals surface area contributed by atoms with Gasteiger partial charge in [-0.25, -0.2) is 10.2 Å². The molecule has 0 spiro atoms. The Bertz CT molecular complexity index is 1340. The third kappa shape index (κ3) is 4.59. The first-order valence-electron chi connectivity index (χ1n) is 10.9. The fraction of sp³-hybridized carbons (Fsp3) is 0.192. The van der Waals surface area contributed by atoms with Crippen LogP contribution in [0.25, 0.3) is 10.9 Å². The number of aromatic amines is 1. The summed E-state index contributed by atoms with van der Waals surface area (Å²) in [4.78, 5) is 28.7. The van der Waals surface area contributed by atoms with E-state index >= 15 is 0 Å². The lowest BCUT2D eigenvalue weighted by molar-refractivity contribution is 0.0739. The van der Waals surface area contributed by atoms with Gasteiger partial charge in [-0.05, 0) is 90.2 Å². The summed E-state index contributed by atoms with van der Waals surface area (Å²) in [6, 6.07) is 16.2. The lowest BCUT2D eigenvalue weighted by Crippen LogP contribution is -2.17. The number of hydrazone groups is 1. The number of rotatable bonds is 5. The quantitative estimate of drug-likeness (QED) is 0.184. The van der Waals surface area contributed by atoms with Crippen molar-refractivity contribution in [1.82, 2.24) is 10.4 Å². The highest BCUT2D eigenvalue weighted by Crippen LogP contribution is 2.32. The van der Waals surface area contributed by atoms with Gasteiger partial charge < -0.3 is 9.72 Å². The monoisotopic (exact) mass is 457 g/mol. The predicted molar refractivity (Wildman–Crippen MR) is 130 cm³/mol. The van der Waals surface area contributed by atoms with Crippen molar-refractivity contribution in [2.24, 2.45) is 11.0 Å². The van der Waals surface area contributed by atoms with Crippen LogP contribution < -0.4 is 10.2 Å². The van der Waals surface area contributed by atoms with Crippen LogP contribution in [-0.2, 0) is 12.8 Å². The molecule has 5 rings (SSSR count). The minimum absolute atomic E-state index is 0.256. The summed E-state index contributed by atoms with van der Waals surface area (Å²) in [5, 5.41) is 7.03. The molecular formula is C26H23N3O3S.